The van der Waals surface area contributed by atoms with Gasteiger partial charge in [-0.1, -0.05) is 23.7 Å². The molecule has 0 aromatic heterocycles. The van der Waals surface area contributed by atoms with Gasteiger partial charge in [-0.3, -0.25) is 4.79 Å². The molecule has 1 aromatic rings. The number of carbonyl (C=O) groups excluding carboxylic acids is 1. The summed E-state index contributed by atoms with van der Waals surface area (Å²) in [6.45, 7) is 0.430. The molecule has 12 heavy (non-hydrogen) atoms. The molecular formula is C8H7Cl2NO. The van der Waals surface area contributed by atoms with Crippen LogP contribution in [-0.4, -0.2) is 5.37 Å². The second-order valence-electron chi connectivity index (χ2n) is 2.25. The minimum absolute atomic E-state index is 0.430. The number of hydrogen-bond acceptors (Lipinski definition) is 1. The largest absolute Gasteiger partial charge is 0.339 e. The first kappa shape index (κ1) is 9.36. The highest BCUT2D eigenvalue weighted by molar-refractivity contribution is 6.62. The van der Waals surface area contributed by atoms with Gasteiger partial charge in [0.05, 0.1) is 0 Å². The molecule has 0 atom stereocenters. The van der Waals surface area contributed by atoms with E-state index < -0.39 is 5.37 Å². The molecule has 1 N–H and O–H groups in total. The van der Waals surface area contributed by atoms with Crippen LogP contribution in [0.5, 0.6) is 0 Å². The zero-order valence-corrected chi connectivity index (χ0v) is 7.69. The van der Waals surface area contributed by atoms with Crippen LogP contribution in [0.1, 0.15) is 5.56 Å². The third kappa shape index (κ3) is 3.11. The summed E-state index contributed by atoms with van der Waals surface area (Å²) in [7, 11) is 0. The number of halogens is 2. The normalized spacial score (nSPS) is 9.50. The number of hydrogen-bond donors (Lipinski definition) is 1. The summed E-state index contributed by atoms with van der Waals surface area (Å²) in [5.41, 5.74) is 0.966. The van der Waals surface area contributed by atoms with Crippen LogP contribution in [0, 0.1) is 0 Å². The number of rotatable bonds is 2. The summed E-state index contributed by atoms with van der Waals surface area (Å²) in [6.07, 6.45) is 0. The molecule has 0 saturated carbocycles. The van der Waals surface area contributed by atoms with E-state index in [0.29, 0.717) is 11.6 Å². The predicted molar refractivity (Wildman–Crippen MR) is 49.5 cm³/mol. The van der Waals surface area contributed by atoms with Gasteiger partial charge in [-0.25, -0.2) is 0 Å². The Hall–Kier alpha value is -0.730. The second-order valence-corrected chi connectivity index (χ2v) is 3.03. The van der Waals surface area contributed by atoms with Gasteiger partial charge >= 0.3 is 5.37 Å². The van der Waals surface area contributed by atoms with Crippen molar-refractivity contribution in [3.05, 3.63) is 34.9 Å². The molecule has 0 aliphatic heterocycles. The Morgan fingerprint density at radius 2 is 1.92 bits per heavy atom. The lowest BCUT2D eigenvalue weighted by atomic mass is 10.2. The van der Waals surface area contributed by atoms with E-state index >= 15 is 0 Å². The van der Waals surface area contributed by atoms with Crippen LogP contribution in [0.4, 0.5) is 4.79 Å². The van der Waals surface area contributed by atoms with Crippen LogP contribution < -0.4 is 5.32 Å². The van der Waals surface area contributed by atoms with Crippen molar-refractivity contribution in [2.75, 3.05) is 0 Å². The van der Waals surface area contributed by atoms with Crippen LogP contribution in [0.3, 0.4) is 0 Å². The molecule has 64 valence electrons. The molecule has 0 aliphatic rings. The maximum atomic E-state index is 10.3. The van der Waals surface area contributed by atoms with Crippen LogP contribution in [0.25, 0.3) is 0 Å². The Morgan fingerprint density at radius 1 is 1.33 bits per heavy atom. The van der Waals surface area contributed by atoms with Gasteiger partial charge in [0, 0.05) is 11.6 Å². The van der Waals surface area contributed by atoms with Gasteiger partial charge in [0.1, 0.15) is 0 Å². The minimum Gasteiger partial charge on any atom is -0.339 e. The van der Waals surface area contributed by atoms with Gasteiger partial charge in [-0.2, -0.15) is 0 Å². The molecule has 0 heterocycles. The second kappa shape index (κ2) is 4.33. The molecule has 0 unspecified atom stereocenters. The number of benzene rings is 1. The van der Waals surface area contributed by atoms with Gasteiger partial charge < -0.3 is 5.32 Å². The van der Waals surface area contributed by atoms with Crippen LogP contribution in [0.15, 0.2) is 24.3 Å². The van der Waals surface area contributed by atoms with Gasteiger partial charge in [-0.05, 0) is 29.3 Å². The Kier molecular flexibility index (Phi) is 3.38. The van der Waals surface area contributed by atoms with Crippen molar-refractivity contribution in [3.8, 4) is 0 Å². The summed E-state index contributed by atoms with van der Waals surface area (Å²) in [5, 5.41) is 2.59. The van der Waals surface area contributed by atoms with Crippen molar-refractivity contribution in [1.29, 1.82) is 0 Å². The van der Waals surface area contributed by atoms with Crippen molar-refractivity contribution in [3.63, 3.8) is 0 Å². The van der Waals surface area contributed by atoms with Gasteiger partial charge in [-0.15, -0.1) is 0 Å². The summed E-state index contributed by atoms with van der Waals surface area (Å²) in [5.74, 6) is 0. The lowest BCUT2D eigenvalue weighted by Gasteiger charge is -2.00. The quantitative estimate of drug-likeness (QED) is 0.582. The highest BCUT2D eigenvalue weighted by Gasteiger charge is 1.95. The summed E-state index contributed by atoms with van der Waals surface area (Å²) < 4.78 is 0. The monoisotopic (exact) mass is 203 g/mol. The molecule has 0 saturated heterocycles. The fraction of sp³-hybridized carbons (Fsp3) is 0.125. The van der Waals surface area contributed by atoms with Crippen molar-refractivity contribution in [2.45, 2.75) is 6.54 Å². The minimum atomic E-state index is -0.551. The first-order valence-corrected chi connectivity index (χ1v) is 4.12. The highest BCUT2D eigenvalue weighted by atomic mass is 35.5. The van der Waals surface area contributed by atoms with Crippen LogP contribution in [0.2, 0.25) is 5.02 Å². The fourth-order valence-electron chi connectivity index (χ4n) is 0.774. The summed E-state index contributed by atoms with van der Waals surface area (Å²) >= 11 is 10.7. The smallest absolute Gasteiger partial charge is 0.314 e. The van der Waals surface area contributed by atoms with Crippen molar-refractivity contribution in [1.82, 2.24) is 5.32 Å². The molecule has 1 rings (SSSR count). The average Bonchev–Trinajstić information content (AvgIpc) is 2.03. The molecular weight excluding hydrogens is 197 g/mol. The SMILES string of the molecule is O=C(Cl)NCc1ccc(Cl)cc1. The van der Waals surface area contributed by atoms with E-state index in [9.17, 15) is 4.79 Å². The van der Waals surface area contributed by atoms with E-state index in [0.717, 1.165) is 5.56 Å². The molecule has 4 heteroatoms. The van der Waals surface area contributed by atoms with Crippen LogP contribution >= 0.6 is 23.2 Å². The third-order valence-corrected chi connectivity index (χ3v) is 1.73. The number of nitrogens with one attached hydrogen (secondary N) is 1. The van der Waals surface area contributed by atoms with E-state index in [-0.39, 0.29) is 0 Å². The highest BCUT2D eigenvalue weighted by Crippen LogP contribution is 2.09. The summed E-state index contributed by atoms with van der Waals surface area (Å²) in [6, 6.07) is 7.18. The third-order valence-electron chi connectivity index (χ3n) is 1.34. The molecule has 0 radical (unpaired) electrons. The van der Waals surface area contributed by atoms with Gasteiger partial charge in [0.25, 0.3) is 0 Å². The van der Waals surface area contributed by atoms with Crippen molar-refractivity contribution >= 4 is 28.6 Å². The Morgan fingerprint density at radius 3 is 2.42 bits per heavy atom. The fourth-order valence-corrected chi connectivity index (χ4v) is 0.967. The van der Waals surface area contributed by atoms with E-state index in [4.69, 9.17) is 23.2 Å². The predicted octanol–water partition coefficient (Wildman–Crippen LogP) is 2.79. The van der Waals surface area contributed by atoms with Crippen molar-refractivity contribution < 1.29 is 4.79 Å². The standard InChI is InChI=1S/C8H7Cl2NO/c9-7-3-1-6(2-4-7)5-11-8(10)12/h1-4H,5H2,(H,11,12). The Bertz CT molecular complexity index is 271. The first-order valence-electron chi connectivity index (χ1n) is 3.36. The summed E-state index contributed by atoms with van der Waals surface area (Å²) in [4.78, 5) is 10.3. The zero-order valence-electron chi connectivity index (χ0n) is 6.18. The first-order chi connectivity index (χ1) is 5.68. The Labute approximate surface area is 80.5 Å². The number of carbonyl (C=O) groups is 1. The van der Waals surface area contributed by atoms with Crippen LogP contribution in [-0.2, 0) is 6.54 Å². The Balaban J connectivity index is 2.53. The molecule has 1 amide bonds. The molecule has 0 aliphatic carbocycles. The van der Waals surface area contributed by atoms with E-state index in [1.165, 1.54) is 0 Å². The number of amides is 1. The van der Waals surface area contributed by atoms with Gasteiger partial charge in [0.2, 0.25) is 0 Å². The average molecular weight is 204 g/mol. The van der Waals surface area contributed by atoms with Gasteiger partial charge in [0.15, 0.2) is 0 Å². The van der Waals surface area contributed by atoms with Crippen molar-refractivity contribution in [2.24, 2.45) is 0 Å². The van der Waals surface area contributed by atoms with E-state index in [1.807, 2.05) is 12.1 Å². The molecule has 0 spiro atoms. The van der Waals surface area contributed by atoms with E-state index in [2.05, 4.69) is 5.32 Å². The molecule has 0 fully saturated rings. The maximum Gasteiger partial charge on any atom is 0.314 e. The lowest BCUT2D eigenvalue weighted by Crippen LogP contribution is -2.15. The molecule has 2 nitrogen and oxygen atoms in total. The zero-order chi connectivity index (χ0) is 8.97. The topological polar surface area (TPSA) is 29.1 Å². The van der Waals surface area contributed by atoms with E-state index in [1.54, 1.807) is 12.1 Å². The lowest BCUT2D eigenvalue weighted by molar-refractivity contribution is 0.259. The molecule has 0 bridgehead atoms. The molecule has 1 aromatic carbocycles. The maximum absolute atomic E-state index is 10.3.